The molecule has 9 nitrogen and oxygen atoms in total. The molecule has 1 aliphatic heterocycles. The minimum Gasteiger partial charge on any atom is -0.373 e. The van der Waals surface area contributed by atoms with Gasteiger partial charge in [-0.2, -0.15) is 14.1 Å². The number of amides is 1. The Balaban J connectivity index is 1.27. The molecule has 1 aliphatic carbocycles. The fourth-order valence-electron chi connectivity index (χ4n) is 5.04. The van der Waals surface area contributed by atoms with Crippen LogP contribution in [-0.2, 0) is 27.6 Å². The van der Waals surface area contributed by atoms with Crippen LogP contribution in [0.15, 0.2) is 53.4 Å². The number of hydrogen-bond donors (Lipinski definition) is 1. The highest BCUT2D eigenvalue weighted by Gasteiger charge is 2.32. The van der Waals surface area contributed by atoms with Gasteiger partial charge in [-0.1, -0.05) is 23.5 Å². The van der Waals surface area contributed by atoms with Crippen LogP contribution in [0.1, 0.15) is 41.9 Å². The monoisotopic (exact) mass is 537 g/mol. The first-order chi connectivity index (χ1) is 17.8. The number of hydrogen-bond acceptors (Lipinski definition) is 7. The first-order valence-corrected chi connectivity index (χ1v) is 14.6. The van der Waals surface area contributed by atoms with Gasteiger partial charge in [0, 0.05) is 24.2 Å². The molecule has 6 rings (SSSR count). The summed E-state index contributed by atoms with van der Waals surface area (Å²) in [6.45, 7) is 4.33. The molecule has 1 fully saturated rings. The molecular formula is C26H27N5O4S2. The number of morpholine rings is 1. The number of rotatable bonds is 5. The molecule has 2 unspecified atom stereocenters. The average molecular weight is 538 g/mol. The fourth-order valence-corrected chi connectivity index (χ4v) is 7.56. The van der Waals surface area contributed by atoms with E-state index in [1.54, 1.807) is 16.8 Å². The van der Waals surface area contributed by atoms with E-state index in [1.165, 1.54) is 27.8 Å². The molecule has 0 bridgehead atoms. The van der Waals surface area contributed by atoms with E-state index in [9.17, 15) is 13.2 Å². The molecule has 192 valence electrons. The summed E-state index contributed by atoms with van der Waals surface area (Å²) in [6, 6.07) is 14.0. The number of nitrogens with one attached hydrogen (secondary N) is 1. The molecule has 2 atom stereocenters. The van der Waals surface area contributed by atoms with Crippen LogP contribution in [0.4, 0.5) is 5.82 Å². The Hall–Kier alpha value is -3.12. The minimum atomic E-state index is -3.68. The van der Waals surface area contributed by atoms with Crippen molar-refractivity contribution in [1.29, 1.82) is 0 Å². The zero-order valence-electron chi connectivity index (χ0n) is 20.5. The number of carbonyl (C=O) groups is 1. The number of benzene rings is 2. The summed E-state index contributed by atoms with van der Waals surface area (Å²) in [6.07, 6.45) is 2.34. The maximum absolute atomic E-state index is 13.3. The van der Waals surface area contributed by atoms with E-state index in [0.29, 0.717) is 29.6 Å². The lowest BCUT2D eigenvalue weighted by Gasteiger charge is -2.34. The highest BCUT2D eigenvalue weighted by Crippen LogP contribution is 2.34. The summed E-state index contributed by atoms with van der Waals surface area (Å²) in [5.41, 5.74) is 3.26. The first-order valence-electron chi connectivity index (χ1n) is 12.3. The van der Waals surface area contributed by atoms with Gasteiger partial charge in [0.15, 0.2) is 0 Å². The number of anilines is 1. The molecule has 0 spiro atoms. The van der Waals surface area contributed by atoms with Gasteiger partial charge in [-0.3, -0.25) is 4.79 Å². The molecular weight excluding hydrogens is 510 g/mol. The summed E-state index contributed by atoms with van der Waals surface area (Å²) >= 11 is 1.52. The van der Waals surface area contributed by atoms with Crippen LogP contribution in [0.2, 0.25) is 0 Å². The number of thiazole rings is 1. The van der Waals surface area contributed by atoms with E-state index in [4.69, 9.17) is 14.8 Å². The molecule has 3 heterocycles. The highest BCUT2D eigenvalue weighted by atomic mass is 32.2. The van der Waals surface area contributed by atoms with Crippen molar-refractivity contribution in [1.82, 2.24) is 19.1 Å². The van der Waals surface area contributed by atoms with Gasteiger partial charge in [0.05, 0.1) is 33.0 Å². The van der Waals surface area contributed by atoms with Gasteiger partial charge in [0.1, 0.15) is 5.82 Å². The van der Waals surface area contributed by atoms with Gasteiger partial charge in [-0.25, -0.2) is 13.4 Å². The number of ether oxygens (including phenoxy) is 1. The maximum Gasteiger partial charge on any atom is 0.256 e. The predicted octanol–water partition coefficient (Wildman–Crippen LogP) is 4.02. The highest BCUT2D eigenvalue weighted by molar-refractivity contribution is 7.89. The average Bonchev–Trinajstić information content (AvgIpc) is 3.59. The van der Waals surface area contributed by atoms with Gasteiger partial charge in [-0.15, -0.1) is 0 Å². The van der Waals surface area contributed by atoms with Gasteiger partial charge < -0.3 is 10.1 Å². The van der Waals surface area contributed by atoms with E-state index in [-0.39, 0.29) is 23.0 Å². The van der Waals surface area contributed by atoms with Crippen molar-refractivity contribution in [3.63, 3.8) is 0 Å². The van der Waals surface area contributed by atoms with Crippen LogP contribution in [0, 0.1) is 0 Å². The summed E-state index contributed by atoms with van der Waals surface area (Å²) in [5, 5.41) is 8.50. The van der Waals surface area contributed by atoms with Crippen LogP contribution in [-0.4, -0.2) is 58.7 Å². The van der Waals surface area contributed by atoms with Crippen molar-refractivity contribution >= 4 is 43.3 Å². The maximum atomic E-state index is 13.3. The Morgan fingerprint density at radius 1 is 1.05 bits per heavy atom. The molecule has 2 aliphatic rings. The van der Waals surface area contributed by atoms with E-state index in [2.05, 4.69) is 5.32 Å². The van der Waals surface area contributed by atoms with E-state index in [0.717, 1.165) is 40.7 Å². The van der Waals surface area contributed by atoms with Crippen LogP contribution in [0.3, 0.4) is 0 Å². The first kappa shape index (κ1) is 24.2. The Morgan fingerprint density at radius 3 is 2.51 bits per heavy atom. The van der Waals surface area contributed by atoms with Crippen LogP contribution in [0.25, 0.3) is 15.3 Å². The minimum absolute atomic E-state index is 0.158. The summed E-state index contributed by atoms with van der Waals surface area (Å²) in [7, 11) is -3.68. The third kappa shape index (κ3) is 4.46. The van der Waals surface area contributed by atoms with Crippen LogP contribution >= 0.6 is 11.3 Å². The largest absolute Gasteiger partial charge is 0.373 e. The second kappa shape index (κ2) is 9.32. The summed E-state index contributed by atoms with van der Waals surface area (Å²) in [4.78, 5) is 18.1. The van der Waals surface area contributed by atoms with E-state index in [1.807, 2.05) is 38.1 Å². The van der Waals surface area contributed by atoms with Gasteiger partial charge >= 0.3 is 0 Å². The Morgan fingerprint density at radius 2 is 1.78 bits per heavy atom. The molecule has 1 saturated heterocycles. The lowest BCUT2D eigenvalue weighted by Crippen LogP contribution is -2.48. The van der Waals surface area contributed by atoms with Gasteiger partial charge in [0.25, 0.3) is 5.91 Å². The SMILES string of the molecule is CC1CN(S(=O)(=O)c2ccc(C(=O)Nc3c4c(nn3-c3nc5ccccc5s3)CCC4)cc2)CC(C)O1. The topological polar surface area (TPSA) is 106 Å². The predicted molar refractivity (Wildman–Crippen MR) is 142 cm³/mol. The smallest absolute Gasteiger partial charge is 0.256 e. The number of fused-ring (bicyclic) bond motifs is 2. The lowest BCUT2D eigenvalue weighted by atomic mass is 10.2. The lowest BCUT2D eigenvalue weighted by molar-refractivity contribution is -0.0440. The molecule has 1 amide bonds. The molecule has 2 aromatic carbocycles. The van der Waals surface area contributed by atoms with E-state index < -0.39 is 10.0 Å². The Bertz CT molecular complexity index is 1550. The van der Waals surface area contributed by atoms with Crippen molar-refractivity contribution in [2.75, 3.05) is 18.4 Å². The molecule has 2 aromatic heterocycles. The number of para-hydroxylation sites is 1. The van der Waals surface area contributed by atoms with Crippen LogP contribution in [0.5, 0.6) is 0 Å². The summed E-state index contributed by atoms with van der Waals surface area (Å²) < 4.78 is 36.2. The number of carbonyl (C=O) groups excluding carboxylic acids is 1. The molecule has 4 aromatic rings. The van der Waals surface area contributed by atoms with Crippen molar-refractivity contribution in [3.05, 3.63) is 65.4 Å². The van der Waals surface area contributed by atoms with Crippen molar-refractivity contribution < 1.29 is 17.9 Å². The zero-order valence-corrected chi connectivity index (χ0v) is 22.2. The molecule has 0 radical (unpaired) electrons. The molecule has 1 N–H and O–H groups in total. The Labute approximate surface area is 219 Å². The molecule has 37 heavy (non-hydrogen) atoms. The van der Waals surface area contributed by atoms with Gasteiger partial charge in [0.2, 0.25) is 15.2 Å². The summed E-state index contributed by atoms with van der Waals surface area (Å²) in [5.74, 6) is 0.305. The zero-order chi connectivity index (χ0) is 25.7. The normalized spacial score (nSPS) is 20.3. The standard InChI is InChI=1S/C26H27N5O4S2/c1-16-14-30(15-17(2)35-16)37(33,34)19-12-10-18(11-13-19)25(32)28-24-20-6-5-8-21(20)29-31(24)26-27-22-7-3-4-9-23(22)36-26/h3-4,7,9-13,16-17H,5-6,8,14-15H2,1-2H3,(H,28,32). The van der Waals surface area contributed by atoms with Crippen molar-refractivity contribution in [2.45, 2.75) is 50.2 Å². The fraction of sp³-hybridized carbons (Fsp3) is 0.346. The molecule has 11 heteroatoms. The second-order valence-corrected chi connectivity index (χ2v) is 12.5. The number of aromatic nitrogens is 3. The molecule has 0 saturated carbocycles. The number of nitrogens with zero attached hydrogens (tertiary/aromatic N) is 4. The third-order valence-electron chi connectivity index (χ3n) is 6.74. The number of aryl methyl sites for hydroxylation is 1. The third-order valence-corrected chi connectivity index (χ3v) is 9.60. The van der Waals surface area contributed by atoms with Gasteiger partial charge in [-0.05, 0) is 69.5 Å². The quantitative estimate of drug-likeness (QED) is 0.412. The van der Waals surface area contributed by atoms with Crippen LogP contribution < -0.4 is 5.32 Å². The second-order valence-electron chi connectivity index (χ2n) is 9.56. The van der Waals surface area contributed by atoms with E-state index >= 15 is 0 Å². The number of sulfonamides is 1. The van der Waals surface area contributed by atoms with Crippen molar-refractivity contribution in [2.24, 2.45) is 0 Å². The Kier molecular flexibility index (Phi) is 6.10. The van der Waals surface area contributed by atoms with Crippen molar-refractivity contribution in [3.8, 4) is 5.13 Å².